The van der Waals surface area contributed by atoms with Crippen molar-refractivity contribution in [1.82, 2.24) is 0 Å². The van der Waals surface area contributed by atoms with E-state index in [2.05, 4.69) is 50.8 Å². The summed E-state index contributed by atoms with van der Waals surface area (Å²) in [7, 11) is 0. The molecule has 0 fully saturated rings. The van der Waals surface area contributed by atoms with Gasteiger partial charge in [0.2, 0.25) is 0 Å². The summed E-state index contributed by atoms with van der Waals surface area (Å²) in [6, 6.07) is 0. The van der Waals surface area contributed by atoms with Crippen molar-refractivity contribution in [1.29, 1.82) is 0 Å². The molecule has 1 aliphatic carbocycles. The van der Waals surface area contributed by atoms with Crippen LogP contribution in [0.5, 0.6) is 0 Å². The van der Waals surface area contributed by atoms with E-state index in [0.717, 1.165) is 24.8 Å². The molecule has 0 heterocycles. The fourth-order valence-corrected chi connectivity index (χ4v) is 2.24. The van der Waals surface area contributed by atoms with Crippen LogP contribution < -0.4 is 0 Å². The molecule has 0 aromatic heterocycles. The summed E-state index contributed by atoms with van der Waals surface area (Å²) in [5.41, 5.74) is 5.84. The topological polar surface area (TPSA) is 20.2 Å². The summed E-state index contributed by atoms with van der Waals surface area (Å²) in [4.78, 5) is 0. The Kier molecular flexibility index (Phi) is 7.45. The molecule has 1 aliphatic rings. The molecule has 22 heavy (non-hydrogen) atoms. The third-order valence-corrected chi connectivity index (χ3v) is 3.63. The van der Waals surface area contributed by atoms with Gasteiger partial charge in [-0.05, 0) is 62.8 Å². The van der Waals surface area contributed by atoms with Crippen LogP contribution in [-0.4, -0.2) is 5.11 Å². The first-order valence-electron chi connectivity index (χ1n) is 7.94. The van der Waals surface area contributed by atoms with Crippen LogP contribution >= 0.6 is 0 Å². The Balaban J connectivity index is 2.95. The van der Waals surface area contributed by atoms with Gasteiger partial charge in [0.25, 0.3) is 0 Å². The van der Waals surface area contributed by atoms with Gasteiger partial charge in [-0.15, -0.1) is 0 Å². The molecule has 0 unspecified atom stereocenters. The molecule has 0 bridgehead atoms. The van der Waals surface area contributed by atoms with Crippen molar-refractivity contribution in [2.24, 2.45) is 0 Å². The van der Waals surface area contributed by atoms with Crippen LogP contribution in [0.25, 0.3) is 0 Å². The van der Waals surface area contributed by atoms with Crippen molar-refractivity contribution in [2.75, 3.05) is 0 Å². The van der Waals surface area contributed by atoms with E-state index in [1.54, 1.807) is 13.0 Å². The monoisotopic (exact) mass is 296 g/mol. The van der Waals surface area contributed by atoms with Gasteiger partial charge >= 0.3 is 0 Å². The normalized spacial score (nSPS) is 17.5. The maximum Gasteiger partial charge on any atom is 0.117 e. The molecule has 0 spiro atoms. The van der Waals surface area contributed by atoms with E-state index in [-0.39, 0.29) is 5.76 Å². The average Bonchev–Trinajstić information content (AvgIpc) is 2.49. The first-order chi connectivity index (χ1) is 10.5. The zero-order chi connectivity index (χ0) is 16.5. The zero-order valence-corrected chi connectivity index (χ0v) is 14.3. The molecular weight excluding hydrogens is 268 g/mol. The van der Waals surface area contributed by atoms with E-state index in [1.807, 2.05) is 13.0 Å². The molecule has 1 heteroatoms. The molecule has 0 aromatic rings. The van der Waals surface area contributed by atoms with Gasteiger partial charge in [0.1, 0.15) is 5.76 Å². The van der Waals surface area contributed by atoms with Crippen LogP contribution in [0, 0.1) is 0 Å². The maximum atomic E-state index is 9.64. The van der Waals surface area contributed by atoms with Crippen LogP contribution in [0.3, 0.4) is 0 Å². The lowest BCUT2D eigenvalue weighted by Crippen LogP contribution is -1.94. The minimum atomic E-state index is 0.228. The van der Waals surface area contributed by atoms with Gasteiger partial charge < -0.3 is 5.11 Å². The molecule has 1 N–H and O–H groups in total. The fraction of sp³-hybridized carbons (Fsp3) is 0.333. The Morgan fingerprint density at radius 2 is 2.00 bits per heavy atom. The fourth-order valence-electron chi connectivity index (χ4n) is 2.24. The summed E-state index contributed by atoms with van der Waals surface area (Å²) in [5, 5.41) is 9.64. The smallest absolute Gasteiger partial charge is 0.117 e. The molecule has 1 rings (SSSR count). The van der Waals surface area contributed by atoms with Gasteiger partial charge in [0.15, 0.2) is 0 Å². The molecule has 0 saturated carbocycles. The van der Waals surface area contributed by atoms with Gasteiger partial charge in [-0.25, -0.2) is 0 Å². The molecular formula is C21H28O. The van der Waals surface area contributed by atoms with Gasteiger partial charge in [0.05, 0.1) is 0 Å². The lowest BCUT2D eigenvalue weighted by molar-refractivity contribution is 0.424. The first kappa shape index (κ1) is 18.0. The molecule has 0 aliphatic heterocycles. The van der Waals surface area contributed by atoms with Crippen molar-refractivity contribution < 1.29 is 5.11 Å². The highest BCUT2D eigenvalue weighted by Crippen LogP contribution is 2.26. The van der Waals surface area contributed by atoms with Crippen molar-refractivity contribution in [3.8, 4) is 0 Å². The van der Waals surface area contributed by atoms with E-state index >= 15 is 0 Å². The Hall–Kier alpha value is -2.02. The van der Waals surface area contributed by atoms with E-state index in [9.17, 15) is 5.11 Å². The lowest BCUT2D eigenvalue weighted by atomic mass is 9.92. The van der Waals surface area contributed by atoms with Gasteiger partial charge in [-0.3, -0.25) is 0 Å². The van der Waals surface area contributed by atoms with Crippen molar-refractivity contribution in [3.63, 3.8) is 0 Å². The second kappa shape index (κ2) is 9.09. The molecule has 0 saturated heterocycles. The number of aliphatic hydroxyl groups excluding tert-OH is 1. The summed E-state index contributed by atoms with van der Waals surface area (Å²) in [6.45, 7) is 11.9. The van der Waals surface area contributed by atoms with Crippen LogP contribution in [-0.2, 0) is 0 Å². The summed E-state index contributed by atoms with van der Waals surface area (Å²) in [5.74, 6) is 0.228. The molecule has 0 amide bonds. The molecule has 118 valence electrons. The number of allylic oxidation sites excluding steroid dienone is 12. The SMILES string of the molecule is C=C(C)/C(O)=C/C=C(C)/C=C\C(=C\CC)C1=C(C)CCC=C1. The minimum absolute atomic E-state index is 0.228. The number of hydrogen-bond donors (Lipinski definition) is 1. The molecule has 0 aromatic carbocycles. The lowest BCUT2D eigenvalue weighted by Gasteiger charge is -2.13. The third-order valence-electron chi connectivity index (χ3n) is 3.63. The summed E-state index contributed by atoms with van der Waals surface area (Å²) in [6.07, 6.45) is 17.9. The Morgan fingerprint density at radius 3 is 2.59 bits per heavy atom. The van der Waals surface area contributed by atoms with E-state index in [1.165, 1.54) is 16.7 Å². The average molecular weight is 296 g/mol. The largest absolute Gasteiger partial charge is 0.508 e. The van der Waals surface area contributed by atoms with Crippen LogP contribution in [0.4, 0.5) is 0 Å². The van der Waals surface area contributed by atoms with Crippen molar-refractivity contribution in [3.05, 3.63) is 82.7 Å². The highest BCUT2D eigenvalue weighted by atomic mass is 16.3. The minimum Gasteiger partial charge on any atom is -0.508 e. The Morgan fingerprint density at radius 1 is 1.27 bits per heavy atom. The maximum absolute atomic E-state index is 9.64. The zero-order valence-electron chi connectivity index (χ0n) is 14.3. The molecule has 1 nitrogen and oxygen atoms in total. The Labute approximate surface area is 135 Å². The Bertz CT molecular complexity index is 589. The number of rotatable bonds is 6. The van der Waals surface area contributed by atoms with Gasteiger partial charge in [0, 0.05) is 0 Å². The van der Waals surface area contributed by atoms with Gasteiger partial charge in [-0.2, -0.15) is 0 Å². The number of hydrogen-bond acceptors (Lipinski definition) is 1. The van der Waals surface area contributed by atoms with Crippen molar-refractivity contribution >= 4 is 0 Å². The second-order valence-electron chi connectivity index (χ2n) is 5.78. The summed E-state index contributed by atoms with van der Waals surface area (Å²) >= 11 is 0. The van der Waals surface area contributed by atoms with E-state index in [0.29, 0.717) is 5.57 Å². The molecule has 0 atom stereocenters. The summed E-state index contributed by atoms with van der Waals surface area (Å²) < 4.78 is 0. The van der Waals surface area contributed by atoms with Crippen LogP contribution in [0.1, 0.15) is 47.0 Å². The van der Waals surface area contributed by atoms with Crippen LogP contribution in [0.15, 0.2) is 82.7 Å². The highest BCUT2D eigenvalue weighted by Gasteiger charge is 2.06. The molecule has 0 radical (unpaired) electrons. The van der Waals surface area contributed by atoms with E-state index in [4.69, 9.17) is 0 Å². The third kappa shape index (κ3) is 5.77. The van der Waals surface area contributed by atoms with E-state index < -0.39 is 0 Å². The first-order valence-corrected chi connectivity index (χ1v) is 7.94. The highest BCUT2D eigenvalue weighted by molar-refractivity contribution is 5.51. The van der Waals surface area contributed by atoms with Gasteiger partial charge in [-0.1, -0.05) is 61.1 Å². The van der Waals surface area contributed by atoms with Crippen LogP contribution in [0.2, 0.25) is 0 Å². The quantitative estimate of drug-likeness (QED) is 0.437. The van der Waals surface area contributed by atoms with Crippen molar-refractivity contribution in [2.45, 2.75) is 47.0 Å². The standard InChI is InChI=1S/C21H28O/c1-6-9-19(20-11-8-7-10-18(20)5)14-12-17(4)13-15-21(22)16(2)3/h8-9,11-15,22H,2,6-7,10H2,1,3-5H3/b14-12-,17-13+,19-9-,21-15-. The predicted molar refractivity (Wildman–Crippen MR) is 97.9 cm³/mol. The second-order valence-corrected chi connectivity index (χ2v) is 5.78. The predicted octanol–water partition coefficient (Wildman–Crippen LogP) is 6.51. The number of aliphatic hydroxyl groups is 1.